The van der Waals surface area contributed by atoms with Crippen molar-refractivity contribution in [2.75, 3.05) is 0 Å². The Balaban J connectivity index is 2.03. The smallest absolute Gasteiger partial charge is 0.331 e. The molecule has 0 aliphatic carbocycles. The number of esters is 1. The molecule has 0 radical (unpaired) electrons. The molecular formula is C16H15ClO2. The van der Waals surface area contributed by atoms with Crippen LogP contribution in [0.25, 0.3) is 0 Å². The van der Waals surface area contributed by atoms with Crippen molar-refractivity contribution in [3.05, 3.63) is 71.8 Å². The van der Waals surface area contributed by atoms with Gasteiger partial charge in [-0.05, 0) is 18.1 Å². The maximum atomic E-state index is 12.1. The summed E-state index contributed by atoms with van der Waals surface area (Å²) in [5.41, 5.74) is 1.67. The maximum absolute atomic E-state index is 12.1. The Kier molecular flexibility index (Phi) is 4.23. The van der Waals surface area contributed by atoms with Gasteiger partial charge in [0.25, 0.3) is 0 Å². The summed E-state index contributed by atoms with van der Waals surface area (Å²) in [6, 6.07) is 18.7. The predicted molar refractivity (Wildman–Crippen MR) is 75.9 cm³/mol. The number of carbonyl (C=O) groups excluding carboxylic acids is 1. The van der Waals surface area contributed by atoms with Gasteiger partial charge in [0, 0.05) is 0 Å². The highest BCUT2D eigenvalue weighted by molar-refractivity contribution is 6.33. The summed E-state index contributed by atoms with van der Waals surface area (Å²) < 4.78 is 5.28. The highest BCUT2D eigenvalue weighted by Gasteiger charge is 2.34. The fraction of sp³-hybridized carbons (Fsp3) is 0.188. The molecule has 1 unspecified atom stereocenters. The van der Waals surface area contributed by atoms with Crippen molar-refractivity contribution >= 4 is 17.6 Å². The fourth-order valence-corrected chi connectivity index (χ4v) is 1.91. The normalized spacial score (nSPS) is 13.6. The van der Waals surface area contributed by atoms with Gasteiger partial charge in [0.1, 0.15) is 6.61 Å². The number of benzene rings is 2. The summed E-state index contributed by atoms with van der Waals surface area (Å²) in [7, 11) is 0. The second-order valence-electron chi connectivity index (χ2n) is 4.43. The zero-order chi connectivity index (χ0) is 13.7. The zero-order valence-corrected chi connectivity index (χ0v) is 11.4. The SMILES string of the molecule is CC(Cl)(C(=O)OCc1ccccc1)c1ccccc1. The van der Waals surface area contributed by atoms with Crippen LogP contribution in [0.4, 0.5) is 0 Å². The Morgan fingerprint density at radius 1 is 1.05 bits per heavy atom. The average molecular weight is 275 g/mol. The van der Waals surface area contributed by atoms with Crippen LogP contribution in [0.15, 0.2) is 60.7 Å². The summed E-state index contributed by atoms with van der Waals surface area (Å²) in [4.78, 5) is 10.9. The molecule has 0 fully saturated rings. The van der Waals surface area contributed by atoms with Crippen LogP contribution in [0.5, 0.6) is 0 Å². The first-order valence-electron chi connectivity index (χ1n) is 6.06. The fourth-order valence-electron chi connectivity index (χ4n) is 1.73. The van der Waals surface area contributed by atoms with E-state index in [0.717, 1.165) is 11.1 Å². The van der Waals surface area contributed by atoms with Crippen LogP contribution in [0.1, 0.15) is 18.1 Å². The molecule has 0 amide bonds. The molecule has 2 rings (SSSR count). The largest absolute Gasteiger partial charge is 0.459 e. The van der Waals surface area contributed by atoms with E-state index in [9.17, 15) is 4.79 Å². The van der Waals surface area contributed by atoms with Gasteiger partial charge in [0.2, 0.25) is 0 Å². The van der Waals surface area contributed by atoms with E-state index in [-0.39, 0.29) is 6.61 Å². The van der Waals surface area contributed by atoms with Gasteiger partial charge in [-0.3, -0.25) is 0 Å². The van der Waals surface area contributed by atoms with Crippen LogP contribution in [-0.2, 0) is 21.0 Å². The van der Waals surface area contributed by atoms with Gasteiger partial charge in [0.05, 0.1) is 0 Å². The molecule has 0 N–H and O–H groups in total. The summed E-state index contributed by atoms with van der Waals surface area (Å²) >= 11 is 6.30. The first kappa shape index (κ1) is 13.6. The molecule has 3 heteroatoms. The van der Waals surface area contributed by atoms with Crippen molar-refractivity contribution in [2.24, 2.45) is 0 Å². The molecule has 2 aromatic rings. The molecule has 98 valence electrons. The minimum Gasteiger partial charge on any atom is -0.459 e. The van der Waals surface area contributed by atoms with Crippen molar-refractivity contribution in [1.29, 1.82) is 0 Å². The van der Waals surface area contributed by atoms with Gasteiger partial charge in [-0.2, -0.15) is 0 Å². The summed E-state index contributed by atoms with van der Waals surface area (Å²) in [5, 5.41) is 0. The van der Waals surface area contributed by atoms with E-state index < -0.39 is 10.8 Å². The Bertz CT molecular complexity index is 535. The average Bonchev–Trinajstić information content (AvgIpc) is 2.46. The molecule has 0 saturated heterocycles. The molecule has 1 atom stereocenters. The standard InChI is InChI=1S/C16H15ClO2/c1-16(17,14-10-6-3-7-11-14)15(18)19-12-13-8-4-2-5-9-13/h2-11H,12H2,1H3. The Labute approximate surface area is 118 Å². The van der Waals surface area contributed by atoms with E-state index in [1.165, 1.54) is 0 Å². The molecule has 0 bridgehead atoms. The second kappa shape index (κ2) is 5.89. The van der Waals surface area contributed by atoms with Crippen molar-refractivity contribution in [2.45, 2.75) is 18.4 Å². The number of ether oxygens (including phenoxy) is 1. The Morgan fingerprint density at radius 2 is 1.58 bits per heavy atom. The number of hydrogen-bond donors (Lipinski definition) is 0. The van der Waals surface area contributed by atoms with Gasteiger partial charge >= 0.3 is 5.97 Å². The van der Waals surface area contributed by atoms with Gasteiger partial charge < -0.3 is 4.74 Å². The minimum atomic E-state index is -1.16. The van der Waals surface area contributed by atoms with Crippen molar-refractivity contribution in [3.63, 3.8) is 0 Å². The molecule has 0 aliphatic rings. The molecule has 0 spiro atoms. The lowest BCUT2D eigenvalue weighted by atomic mass is 10.0. The van der Waals surface area contributed by atoms with Crippen LogP contribution in [-0.4, -0.2) is 5.97 Å². The monoisotopic (exact) mass is 274 g/mol. The topological polar surface area (TPSA) is 26.3 Å². The summed E-state index contributed by atoms with van der Waals surface area (Å²) in [5.74, 6) is -0.441. The number of halogens is 1. The van der Waals surface area contributed by atoms with E-state index in [1.54, 1.807) is 6.92 Å². The van der Waals surface area contributed by atoms with E-state index in [1.807, 2.05) is 60.7 Å². The molecule has 0 aromatic heterocycles. The maximum Gasteiger partial charge on any atom is 0.331 e. The number of alkyl halides is 1. The first-order valence-corrected chi connectivity index (χ1v) is 6.44. The van der Waals surface area contributed by atoms with E-state index in [4.69, 9.17) is 16.3 Å². The molecule has 2 aromatic carbocycles. The van der Waals surface area contributed by atoms with Gasteiger partial charge in [-0.15, -0.1) is 11.6 Å². The van der Waals surface area contributed by atoms with Crippen molar-refractivity contribution < 1.29 is 9.53 Å². The lowest BCUT2D eigenvalue weighted by Gasteiger charge is -2.20. The van der Waals surface area contributed by atoms with E-state index in [2.05, 4.69) is 0 Å². The van der Waals surface area contributed by atoms with E-state index >= 15 is 0 Å². The van der Waals surface area contributed by atoms with Crippen LogP contribution in [0.3, 0.4) is 0 Å². The molecule has 19 heavy (non-hydrogen) atoms. The van der Waals surface area contributed by atoms with E-state index in [0.29, 0.717) is 0 Å². The quantitative estimate of drug-likeness (QED) is 0.625. The molecule has 0 heterocycles. The Hall–Kier alpha value is -1.80. The van der Waals surface area contributed by atoms with Gasteiger partial charge in [0.15, 0.2) is 4.87 Å². The van der Waals surface area contributed by atoms with Crippen LogP contribution in [0.2, 0.25) is 0 Å². The lowest BCUT2D eigenvalue weighted by Crippen LogP contribution is -2.28. The third-order valence-electron chi connectivity index (χ3n) is 2.91. The summed E-state index contributed by atoms with van der Waals surface area (Å²) in [6.45, 7) is 1.88. The summed E-state index contributed by atoms with van der Waals surface area (Å²) in [6.07, 6.45) is 0. The van der Waals surface area contributed by atoms with Crippen molar-refractivity contribution in [1.82, 2.24) is 0 Å². The first-order chi connectivity index (χ1) is 9.10. The van der Waals surface area contributed by atoms with Crippen LogP contribution < -0.4 is 0 Å². The predicted octanol–water partition coefficient (Wildman–Crippen LogP) is 3.88. The zero-order valence-electron chi connectivity index (χ0n) is 10.7. The van der Waals surface area contributed by atoms with Gasteiger partial charge in [-0.25, -0.2) is 4.79 Å². The highest BCUT2D eigenvalue weighted by Crippen LogP contribution is 2.30. The molecule has 0 aliphatic heterocycles. The second-order valence-corrected chi connectivity index (χ2v) is 5.19. The number of hydrogen-bond acceptors (Lipinski definition) is 2. The van der Waals surface area contributed by atoms with Crippen LogP contribution in [0, 0.1) is 0 Å². The van der Waals surface area contributed by atoms with Crippen LogP contribution >= 0.6 is 11.6 Å². The molecule has 2 nitrogen and oxygen atoms in total. The third kappa shape index (κ3) is 3.36. The minimum absolute atomic E-state index is 0.231. The van der Waals surface area contributed by atoms with Gasteiger partial charge in [-0.1, -0.05) is 60.7 Å². The molecule has 0 saturated carbocycles. The lowest BCUT2D eigenvalue weighted by molar-refractivity contribution is -0.148. The number of carbonyl (C=O) groups is 1. The number of rotatable bonds is 4. The Morgan fingerprint density at radius 3 is 2.16 bits per heavy atom. The molecular weight excluding hydrogens is 260 g/mol. The van der Waals surface area contributed by atoms with Crippen molar-refractivity contribution in [3.8, 4) is 0 Å². The highest BCUT2D eigenvalue weighted by atomic mass is 35.5. The third-order valence-corrected chi connectivity index (χ3v) is 3.28.